The van der Waals surface area contributed by atoms with Crippen LogP contribution in [-0.2, 0) is 0 Å². The first kappa shape index (κ1) is 17.6. The monoisotopic (exact) mass is 396 g/mol. The number of nitrogens with zero attached hydrogens (tertiary/aromatic N) is 2. The van der Waals surface area contributed by atoms with Gasteiger partial charge < -0.3 is 4.98 Å². The summed E-state index contributed by atoms with van der Waals surface area (Å²) >= 11 is 1.55. The second kappa shape index (κ2) is 7.18. The van der Waals surface area contributed by atoms with E-state index in [1.807, 2.05) is 29.8 Å². The molecule has 0 atom stereocenters. The Hall–Kier alpha value is -3.44. The van der Waals surface area contributed by atoms with Crippen molar-refractivity contribution >= 4 is 44.5 Å². The van der Waals surface area contributed by atoms with Gasteiger partial charge in [0.15, 0.2) is 0 Å². The summed E-state index contributed by atoms with van der Waals surface area (Å²) in [6.45, 7) is 4.29. The predicted octanol–water partition coefficient (Wildman–Crippen LogP) is 6.51. The molecule has 3 aromatic carbocycles. The highest BCUT2D eigenvalue weighted by molar-refractivity contribution is 7.14. The van der Waals surface area contributed by atoms with Crippen molar-refractivity contribution < 1.29 is 0 Å². The molecule has 2 N–H and O–H groups in total. The van der Waals surface area contributed by atoms with E-state index in [0.717, 1.165) is 27.5 Å². The molecule has 4 nitrogen and oxygen atoms in total. The molecule has 0 amide bonds. The van der Waals surface area contributed by atoms with Gasteiger partial charge in [0.05, 0.1) is 11.9 Å². The van der Waals surface area contributed by atoms with Gasteiger partial charge in [0.2, 0.25) is 5.13 Å². The number of nitrogens with one attached hydrogen (secondary N) is 2. The maximum Gasteiger partial charge on any atom is 0.203 e. The Labute approximate surface area is 172 Å². The molecule has 5 heteroatoms. The van der Waals surface area contributed by atoms with Gasteiger partial charge in [-0.3, -0.25) is 5.43 Å². The van der Waals surface area contributed by atoms with Gasteiger partial charge in [-0.15, -0.1) is 11.3 Å². The van der Waals surface area contributed by atoms with E-state index in [2.05, 4.69) is 76.8 Å². The Morgan fingerprint density at radius 2 is 1.83 bits per heavy atom. The van der Waals surface area contributed by atoms with Crippen LogP contribution in [0.3, 0.4) is 0 Å². The zero-order valence-corrected chi connectivity index (χ0v) is 17.0. The van der Waals surface area contributed by atoms with Crippen LogP contribution in [0.5, 0.6) is 0 Å². The number of thiazole rings is 1. The highest BCUT2D eigenvalue weighted by Gasteiger charge is 2.11. The number of H-pyrrole nitrogens is 1. The first-order valence-corrected chi connectivity index (χ1v) is 10.4. The van der Waals surface area contributed by atoms with E-state index in [9.17, 15) is 0 Å². The first-order valence-electron chi connectivity index (χ1n) is 9.51. The fourth-order valence-corrected chi connectivity index (χ4v) is 4.41. The zero-order chi connectivity index (χ0) is 19.8. The Balaban J connectivity index is 1.45. The van der Waals surface area contributed by atoms with Gasteiger partial charge in [0.1, 0.15) is 0 Å². The molecule has 0 spiro atoms. The number of para-hydroxylation sites is 1. The summed E-state index contributed by atoms with van der Waals surface area (Å²) in [5, 5.41) is 9.79. The zero-order valence-electron chi connectivity index (χ0n) is 16.2. The molecule has 0 fully saturated rings. The molecule has 5 rings (SSSR count). The van der Waals surface area contributed by atoms with E-state index in [-0.39, 0.29) is 0 Å². The van der Waals surface area contributed by atoms with E-state index in [1.54, 1.807) is 11.3 Å². The molecule has 0 saturated heterocycles. The number of aromatic nitrogens is 2. The normalized spacial score (nSPS) is 11.7. The molecule has 0 saturated carbocycles. The molecule has 142 valence electrons. The van der Waals surface area contributed by atoms with Crippen LogP contribution in [0.1, 0.15) is 16.7 Å². The molecule has 0 aliphatic rings. The molecule has 29 heavy (non-hydrogen) atoms. The van der Waals surface area contributed by atoms with Gasteiger partial charge >= 0.3 is 0 Å². The third-order valence-corrected chi connectivity index (χ3v) is 5.96. The number of hydrazone groups is 1. The maximum absolute atomic E-state index is 4.62. The molecule has 0 radical (unpaired) electrons. The Morgan fingerprint density at radius 1 is 1.03 bits per heavy atom. The van der Waals surface area contributed by atoms with E-state index in [0.29, 0.717) is 0 Å². The van der Waals surface area contributed by atoms with Gasteiger partial charge in [-0.1, -0.05) is 48.5 Å². The minimum Gasteiger partial charge on any atom is -0.354 e. The van der Waals surface area contributed by atoms with Crippen molar-refractivity contribution in [3.05, 3.63) is 82.7 Å². The summed E-state index contributed by atoms with van der Waals surface area (Å²) < 4.78 is 0. The predicted molar refractivity (Wildman–Crippen MR) is 124 cm³/mol. The molecule has 5 aromatic rings. The van der Waals surface area contributed by atoms with Crippen LogP contribution in [0, 0.1) is 13.8 Å². The molecule has 2 heterocycles. The number of benzene rings is 3. The largest absolute Gasteiger partial charge is 0.354 e. The lowest BCUT2D eigenvalue weighted by atomic mass is 9.99. The summed E-state index contributed by atoms with van der Waals surface area (Å²) in [4.78, 5) is 8.17. The minimum absolute atomic E-state index is 0.780. The van der Waals surface area contributed by atoms with Crippen molar-refractivity contribution in [2.45, 2.75) is 13.8 Å². The van der Waals surface area contributed by atoms with Crippen molar-refractivity contribution in [1.82, 2.24) is 9.97 Å². The van der Waals surface area contributed by atoms with Crippen LogP contribution in [0.4, 0.5) is 5.13 Å². The highest BCUT2D eigenvalue weighted by Crippen LogP contribution is 2.32. The third kappa shape index (κ3) is 3.19. The lowest BCUT2D eigenvalue weighted by molar-refractivity contribution is 1.28. The number of anilines is 1. The summed E-state index contributed by atoms with van der Waals surface area (Å²) in [6.07, 6.45) is 1.88. The van der Waals surface area contributed by atoms with E-state index in [4.69, 9.17) is 0 Å². The summed E-state index contributed by atoms with van der Waals surface area (Å²) in [5.74, 6) is 0. The number of hydrogen-bond acceptors (Lipinski definition) is 4. The second-order valence-electron chi connectivity index (χ2n) is 7.10. The summed E-state index contributed by atoms with van der Waals surface area (Å²) in [5.41, 5.74) is 11.0. The van der Waals surface area contributed by atoms with Crippen molar-refractivity contribution in [3.63, 3.8) is 0 Å². The number of fused-ring (bicyclic) bond motifs is 3. The molecular formula is C24H20N4S. The number of rotatable bonds is 4. The van der Waals surface area contributed by atoms with Crippen LogP contribution < -0.4 is 5.43 Å². The van der Waals surface area contributed by atoms with Crippen molar-refractivity contribution in [1.29, 1.82) is 0 Å². The van der Waals surface area contributed by atoms with Crippen LogP contribution in [0.15, 0.2) is 71.1 Å². The molecule has 0 aliphatic carbocycles. The van der Waals surface area contributed by atoms with E-state index >= 15 is 0 Å². The van der Waals surface area contributed by atoms with Crippen LogP contribution >= 0.6 is 11.3 Å². The summed E-state index contributed by atoms with van der Waals surface area (Å²) in [7, 11) is 0. The quantitative estimate of drug-likeness (QED) is 0.269. The van der Waals surface area contributed by atoms with E-state index < -0.39 is 0 Å². The molecule has 0 unspecified atom stereocenters. The Kier molecular flexibility index (Phi) is 4.37. The number of aryl methyl sites for hydroxylation is 2. The lowest BCUT2D eigenvalue weighted by Gasteiger charge is -2.06. The molecule has 2 aromatic heterocycles. The van der Waals surface area contributed by atoms with Crippen molar-refractivity contribution in [2.24, 2.45) is 5.10 Å². The number of aromatic amines is 1. The van der Waals surface area contributed by atoms with Crippen molar-refractivity contribution in [2.75, 3.05) is 5.43 Å². The number of hydrogen-bond donors (Lipinski definition) is 2. The van der Waals surface area contributed by atoms with Crippen LogP contribution in [0.25, 0.3) is 33.1 Å². The van der Waals surface area contributed by atoms with Gasteiger partial charge in [-0.25, -0.2) is 4.98 Å². The van der Waals surface area contributed by atoms with E-state index in [1.165, 1.54) is 27.4 Å². The molecule has 0 aliphatic heterocycles. The lowest BCUT2D eigenvalue weighted by Crippen LogP contribution is -1.94. The Morgan fingerprint density at radius 3 is 2.69 bits per heavy atom. The minimum atomic E-state index is 0.780. The third-order valence-electron chi connectivity index (χ3n) is 5.22. The average molecular weight is 397 g/mol. The van der Waals surface area contributed by atoms with Gasteiger partial charge in [0, 0.05) is 32.7 Å². The topological polar surface area (TPSA) is 53.1 Å². The summed E-state index contributed by atoms with van der Waals surface area (Å²) in [6, 6.07) is 20.8. The highest BCUT2D eigenvalue weighted by atomic mass is 32.1. The van der Waals surface area contributed by atoms with Crippen LogP contribution in [-0.4, -0.2) is 16.2 Å². The Bertz CT molecular complexity index is 1350. The van der Waals surface area contributed by atoms with Crippen LogP contribution in [0.2, 0.25) is 0 Å². The molecule has 0 bridgehead atoms. The first-order chi connectivity index (χ1) is 14.2. The smallest absolute Gasteiger partial charge is 0.203 e. The van der Waals surface area contributed by atoms with Gasteiger partial charge in [0.25, 0.3) is 0 Å². The van der Waals surface area contributed by atoms with Gasteiger partial charge in [-0.2, -0.15) is 5.10 Å². The fourth-order valence-electron chi connectivity index (χ4n) is 3.74. The maximum atomic E-state index is 4.62. The SMILES string of the molecule is Cc1cc(C=NNc2nc(-c3ccccc3)cs2)c(C)c2c1[nH]c1ccccc12. The standard InChI is InChI=1S/C24H20N4S/c1-15-12-18(16(2)22-19-10-6-7-11-20(19)26-23(15)22)13-25-28-24-27-21(14-29-24)17-8-4-3-5-9-17/h3-14,26H,1-2H3,(H,27,28). The van der Waals surface area contributed by atoms with Gasteiger partial charge in [-0.05, 0) is 42.7 Å². The fraction of sp³-hybridized carbons (Fsp3) is 0.0833. The molecular weight excluding hydrogens is 376 g/mol. The van der Waals surface area contributed by atoms with Crippen molar-refractivity contribution in [3.8, 4) is 11.3 Å². The second-order valence-corrected chi connectivity index (χ2v) is 7.96. The average Bonchev–Trinajstić information content (AvgIpc) is 3.37.